The first-order valence-corrected chi connectivity index (χ1v) is 4.71. The number of aromatic amines is 1. The maximum absolute atomic E-state index is 7.63. The molecule has 0 radical (unpaired) electrons. The summed E-state index contributed by atoms with van der Waals surface area (Å²) in [6.07, 6.45) is 2.47. The van der Waals surface area contributed by atoms with Crippen LogP contribution in [0.2, 0.25) is 0 Å². The number of imidazole rings is 1. The van der Waals surface area contributed by atoms with Crippen LogP contribution < -0.4 is 5.62 Å². The molecule has 5 nitrogen and oxygen atoms in total. The summed E-state index contributed by atoms with van der Waals surface area (Å²) in [5.74, 6) is 0.834. The van der Waals surface area contributed by atoms with Crippen LogP contribution in [0, 0.1) is 12.3 Å². The van der Waals surface area contributed by atoms with E-state index in [2.05, 4.69) is 21.5 Å². The molecule has 0 saturated carbocycles. The van der Waals surface area contributed by atoms with E-state index in [1.165, 1.54) is 0 Å². The monoisotopic (exact) mass is 203 g/mol. The largest absolute Gasteiger partial charge is 0.339 e. The molecule has 0 spiro atoms. The van der Waals surface area contributed by atoms with Gasteiger partial charge in [0, 0.05) is 19.2 Å². The van der Waals surface area contributed by atoms with Gasteiger partial charge < -0.3 is 9.55 Å². The molecule has 0 unspecified atom stereocenters. The number of nitrogens with zero attached hydrogens (tertiary/aromatic N) is 3. The van der Waals surface area contributed by atoms with Crippen molar-refractivity contribution >= 4 is 11.2 Å². The minimum absolute atomic E-state index is 0.219. The van der Waals surface area contributed by atoms with Crippen molar-refractivity contribution in [2.45, 2.75) is 13.3 Å². The van der Waals surface area contributed by atoms with Crippen LogP contribution in [0.3, 0.4) is 0 Å². The van der Waals surface area contributed by atoms with Crippen LogP contribution >= 0.6 is 0 Å². The van der Waals surface area contributed by atoms with Crippen LogP contribution in [0.5, 0.6) is 0 Å². The normalized spacial score (nSPS) is 10.8. The Hall–Kier alpha value is -1.91. The van der Waals surface area contributed by atoms with E-state index in [0.717, 1.165) is 17.0 Å². The fourth-order valence-corrected chi connectivity index (χ4v) is 1.48. The molecule has 2 rings (SSSR count). The summed E-state index contributed by atoms with van der Waals surface area (Å²) in [6, 6.07) is 0. The zero-order chi connectivity index (χ0) is 11.0. The predicted octanol–water partition coefficient (Wildman–Crippen LogP) is 0.813. The van der Waals surface area contributed by atoms with Crippen LogP contribution in [0.1, 0.15) is 11.5 Å². The van der Waals surface area contributed by atoms with Gasteiger partial charge in [-0.15, -0.1) is 6.58 Å². The van der Waals surface area contributed by atoms with Crippen molar-refractivity contribution in [3.63, 3.8) is 0 Å². The second-order valence-corrected chi connectivity index (χ2v) is 3.45. The van der Waals surface area contributed by atoms with Gasteiger partial charge in [-0.25, -0.2) is 4.98 Å². The molecule has 2 aromatic heterocycles. The Morgan fingerprint density at radius 1 is 1.53 bits per heavy atom. The molecule has 15 heavy (non-hydrogen) atoms. The number of H-pyrrole nitrogens is 1. The molecule has 0 fully saturated rings. The van der Waals surface area contributed by atoms with Crippen molar-refractivity contribution in [2.24, 2.45) is 7.05 Å². The average molecular weight is 203 g/mol. The first-order valence-electron chi connectivity index (χ1n) is 4.71. The molecule has 2 heterocycles. The number of hydrogen-bond acceptors (Lipinski definition) is 3. The lowest BCUT2D eigenvalue weighted by Crippen LogP contribution is -2.22. The van der Waals surface area contributed by atoms with Gasteiger partial charge in [-0.3, -0.25) is 5.41 Å². The third-order valence-electron chi connectivity index (χ3n) is 2.47. The minimum Gasteiger partial charge on any atom is -0.339 e. The van der Waals surface area contributed by atoms with Crippen LogP contribution in [0.15, 0.2) is 12.7 Å². The lowest BCUT2D eigenvalue weighted by molar-refractivity contribution is 0.747. The van der Waals surface area contributed by atoms with E-state index in [1.54, 1.807) is 10.6 Å². The molecule has 0 bridgehead atoms. The van der Waals surface area contributed by atoms with Gasteiger partial charge in [0.1, 0.15) is 11.3 Å². The Kier molecular flexibility index (Phi) is 2.15. The quantitative estimate of drug-likeness (QED) is 0.709. The van der Waals surface area contributed by atoms with Gasteiger partial charge in [0.05, 0.1) is 0 Å². The van der Waals surface area contributed by atoms with Gasteiger partial charge >= 0.3 is 0 Å². The zero-order valence-electron chi connectivity index (χ0n) is 8.83. The molecule has 2 N–H and O–H groups in total. The highest BCUT2D eigenvalue weighted by molar-refractivity contribution is 5.72. The molecule has 0 aliphatic rings. The lowest BCUT2D eigenvalue weighted by Gasteiger charge is -2.02. The lowest BCUT2D eigenvalue weighted by atomic mass is 10.4. The summed E-state index contributed by atoms with van der Waals surface area (Å²) in [4.78, 5) is 11.6. The molecular weight excluding hydrogens is 190 g/mol. The second kappa shape index (κ2) is 3.34. The summed E-state index contributed by atoms with van der Waals surface area (Å²) in [7, 11) is 1.82. The van der Waals surface area contributed by atoms with Gasteiger partial charge in [0.15, 0.2) is 5.65 Å². The summed E-state index contributed by atoms with van der Waals surface area (Å²) >= 11 is 0. The SMILES string of the molecule is C=CCc1nc2nc(=N)n(C)c(C)c2[nH]1. The zero-order valence-corrected chi connectivity index (χ0v) is 8.83. The van der Waals surface area contributed by atoms with Crippen LogP contribution in [0.4, 0.5) is 0 Å². The highest BCUT2D eigenvalue weighted by Crippen LogP contribution is 2.11. The van der Waals surface area contributed by atoms with Crippen molar-refractivity contribution in [1.82, 2.24) is 19.5 Å². The molecule has 0 aliphatic carbocycles. The van der Waals surface area contributed by atoms with E-state index >= 15 is 0 Å². The second-order valence-electron chi connectivity index (χ2n) is 3.45. The van der Waals surface area contributed by atoms with Crippen molar-refractivity contribution in [3.05, 3.63) is 29.8 Å². The van der Waals surface area contributed by atoms with Gasteiger partial charge in [0.2, 0.25) is 5.62 Å². The maximum Gasteiger partial charge on any atom is 0.224 e. The van der Waals surface area contributed by atoms with E-state index in [9.17, 15) is 0 Å². The van der Waals surface area contributed by atoms with Crippen molar-refractivity contribution in [3.8, 4) is 0 Å². The van der Waals surface area contributed by atoms with E-state index in [0.29, 0.717) is 12.1 Å². The first kappa shape index (κ1) is 9.64. The highest BCUT2D eigenvalue weighted by atomic mass is 15.1. The van der Waals surface area contributed by atoms with Gasteiger partial charge in [0.25, 0.3) is 0 Å². The Morgan fingerprint density at radius 2 is 2.27 bits per heavy atom. The summed E-state index contributed by atoms with van der Waals surface area (Å²) < 4.78 is 1.72. The van der Waals surface area contributed by atoms with Crippen LogP contribution in [-0.4, -0.2) is 19.5 Å². The van der Waals surface area contributed by atoms with Crippen LogP contribution in [0.25, 0.3) is 11.2 Å². The fraction of sp³-hybridized carbons (Fsp3) is 0.300. The molecule has 5 heteroatoms. The standard InChI is InChI=1S/C10H13N5/c1-4-5-7-12-8-6(2)15(3)10(11)14-9(8)13-7/h4H,1,5H2,2-3H3,(H2,11,12,13,14). The van der Waals surface area contributed by atoms with E-state index in [1.807, 2.05) is 14.0 Å². The van der Waals surface area contributed by atoms with Crippen LogP contribution in [-0.2, 0) is 13.5 Å². The summed E-state index contributed by atoms with van der Waals surface area (Å²) in [6.45, 7) is 5.60. The van der Waals surface area contributed by atoms with Crippen molar-refractivity contribution in [2.75, 3.05) is 0 Å². The Morgan fingerprint density at radius 3 is 2.93 bits per heavy atom. The van der Waals surface area contributed by atoms with Gasteiger partial charge in [-0.05, 0) is 6.92 Å². The molecular formula is C10H13N5. The first-order chi connectivity index (χ1) is 7.13. The molecule has 2 aromatic rings. The topological polar surface area (TPSA) is 70.3 Å². The smallest absolute Gasteiger partial charge is 0.224 e. The third-order valence-corrected chi connectivity index (χ3v) is 2.47. The van der Waals surface area contributed by atoms with Crippen molar-refractivity contribution < 1.29 is 0 Å². The van der Waals surface area contributed by atoms with Gasteiger partial charge in [-0.1, -0.05) is 6.08 Å². The molecule has 78 valence electrons. The number of aromatic nitrogens is 4. The summed E-state index contributed by atoms with van der Waals surface area (Å²) in [5, 5.41) is 7.63. The number of nitrogens with one attached hydrogen (secondary N) is 2. The number of allylic oxidation sites excluding steroid dienone is 1. The van der Waals surface area contributed by atoms with E-state index in [-0.39, 0.29) is 5.62 Å². The molecule has 0 atom stereocenters. The van der Waals surface area contributed by atoms with Gasteiger partial charge in [-0.2, -0.15) is 4.98 Å². The Labute approximate surface area is 87.0 Å². The average Bonchev–Trinajstić information content (AvgIpc) is 2.58. The minimum atomic E-state index is 0.219. The maximum atomic E-state index is 7.63. The van der Waals surface area contributed by atoms with Crippen molar-refractivity contribution in [1.29, 1.82) is 5.41 Å². The Bertz CT molecular complexity index is 575. The number of fused-ring (bicyclic) bond motifs is 1. The summed E-state index contributed by atoms with van der Waals surface area (Å²) in [5.41, 5.74) is 2.68. The number of rotatable bonds is 2. The van der Waals surface area contributed by atoms with E-state index in [4.69, 9.17) is 5.41 Å². The molecule has 0 aliphatic heterocycles. The fourth-order valence-electron chi connectivity index (χ4n) is 1.48. The third kappa shape index (κ3) is 1.45. The molecule has 0 amide bonds. The van der Waals surface area contributed by atoms with E-state index < -0.39 is 0 Å². The highest BCUT2D eigenvalue weighted by Gasteiger charge is 2.07. The predicted molar refractivity (Wildman–Crippen MR) is 57.4 cm³/mol. The Balaban J connectivity index is 2.76. The number of aryl methyl sites for hydroxylation is 1. The molecule has 0 aromatic carbocycles. The number of hydrogen-bond donors (Lipinski definition) is 2. The molecule has 0 saturated heterocycles.